The molecule has 0 spiro atoms. The molecule has 3 rings (SSSR count). The zero-order chi connectivity index (χ0) is 22.1. The summed E-state index contributed by atoms with van der Waals surface area (Å²) in [6.45, 7) is 12.8. The Morgan fingerprint density at radius 2 is 1.97 bits per heavy atom. The van der Waals surface area contributed by atoms with Crippen LogP contribution < -0.4 is 0 Å². The lowest BCUT2D eigenvalue weighted by Crippen LogP contribution is -2.36. The summed E-state index contributed by atoms with van der Waals surface area (Å²) in [6.07, 6.45) is 13.9. The molecule has 0 amide bonds. The predicted molar refractivity (Wildman–Crippen MR) is 124 cm³/mol. The van der Waals surface area contributed by atoms with Crippen molar-refractivity contribution in [3.05, 3.63) is 35.5 Å². The Kier molecular flexibility index (Phi) is 7.37. The number of hydrogen-bond donors (Lipinski definition) is 3. The van der Waals surface area contributed by atoms with Crippen LogP contribution in [0.15, 0.2) is 35.5 Å². The van der Waals surface area contributed by atoms with E-state index in [1.165, 1.54) is 38.5 Å². The second kappa shape index (κ2) is 9.30. The second-order valence-corrected chi connectivity index (χ2v) is 11.3. The van der Waals surface area contributed by atoms with Crippen LogP contribution in [0, 0.1) is 23.2 Å². The van der Waals surface area contributed by atoms with Crippen molar-refractivity contribution in [3.8, 4) is 0 Å². The molecule has 4 unspecified atom stereocenters. The first-order valence-electron chi connectivity index (χ1n) is 12.2. The first-order valence-corrected chi connectivity index (χ1v) is 12.2. The van der Waals surface area contributed by atoms with Crippen molar-refractivity contribution >= 4 is 0 Å². The van der Waals surface area contributed by atoms with Crippen LogP contribution >= 0.6 is 0 Å². The fraction of sp³-hybridized carbons (Fsp3) is 0.778. The van der Waals surface area contributed by atoms with Gasteiger partial charge in [-0.05, 0) is 93.1 Å². The molecule has 3 saturated carbocycles. The lowest BCUT2D eigenvalue weighted by Gasteiger charge is -2.44. The molecule has 3 fully saturated rings. The third-order valence-electron chi connectivity index (χ3n) is 8.44. The smallest absolute Gasteiger partial charge is 0.0811 e. The Hall–Kier alpha value is -0.900. The van der Waals surface area contributed by atoms with Gasteiger partial charge in [-0.2, -0.15) is 0 Å². The number of rotatable bonds is 6. The van der Waals surface area contributed by atoms with Gasteiger partial charge in [0.2, 0.25) is 0 Å². The molecule has 30 heavy (non-hydrogen) atoms. The largest absolute Gasteiger partial charge is 0.393 e. The zero-order valence-electron chi connectivity index (χ0n) is 19.7. The number of fused-ring (bicyclic) bond motifs is 1. The average molecular weight is 417 g/mol. The van der Waals surface area contributed by atoms with Gasteiger partial charge in [-0.15, -0.1) is 0 Å². The molecule has 6 atom stereocenters. The molecule has 0 aromatic carbocycles. The molecule has 0 aliphatic heterocycles. The molecule has 3 heteroatoms. The molecule has 0 heterocycles. The van der Waals surface area contributed by atoms with Crippen molar-refractivity contribution in [3.63, 3.8) is 0 Å². The molecule has 3 N–H and O–H groups in total. The van der Waals surface area contributed by atoms with Gasteiger partial charge in [0.15, 0.2) is 0 Å². The van der Waals surface area contributed by atoms with Gasteiger partial charge in [0.05, 0.1) is 17.8 Å². The van der Waals surface area contributed by atoms with Crippen molar-refractivity contribution < 1.29 is 15.3 Å². The fourth-order valence-electron chi connectivity index (χ4n) is 6.74. The van der Waals surface area contributed by atoms with E-state index in [9.17, 15) is 15.3 Å². The topological polar surface area (TPSA) is 60.7 Å². The van der Waals surface area contributed by atoms with Crippen molar-refractivity contribution in [1.29, 1.82) is 0 Å². The Morgan fingerprint density at radius 1 is 1.23 bits per heavy atom. The molecule has 170 valence electrons. The van der Waals surface area contributed by atoms with E-state index < -0.39 is 17.8 Å². The minimum atomic E-state index is -0.615. The highest BCUT2D eigenvalue weighted by Crippen LogP contribution is 2.60. The van der Waals surface area contributed by atoms with Crippen molar-refractivity contribution in [1.82, 2.24) is 0 Å². The Bertz CT molecular complexity index is 683. The van der Waals surface area contributed by atoms with Crippen LogP contribution in [0.25, 0.3) is 0 Å². The lowest BCUT2D eigenvalue weighted by atomic mass is 9.60. The third kappa shape index (κ3) is 5.29. The van der Waals surface area contributed by atoms with Crippen LogP contribution in [0.5, 0.6) is 0 Å². The van der Waals surface area contributed by atoms with Gasteiger partial charge in [-0.25, -0.2) is 0 Å². The molecule has 0 aromatic heterocycles. The minimum absolute atomic E-state index is 0.374. The number of hydrogen-bond acceptors (Lipinski definition) is 3. The summed E-state index contributed by atoms with van der Waals surface area (Å²) >= 11 is 0. The van der Waals surface area contributed by atoms with E-state index >= 15 is 0 Å². The second-order valence-electron chi connectivity index (χ2n) is 11.3. The average Bonchev–Trinajstić information content (AvgIpc) is 3.00. The van der Waals surface area contributed by atoms with Gasteiger partial charge >= 0.3 is 0 Å². The number of aliphatic hydroxyl groups excluding tert-OH is 2. The van der Waals surface area contributed by atoms with Crippen LogP contribution in [0.1, 0.15) is 91.9 Å². The highest BCUT2D eigenvalue weighted by atomic mass is 16.3. The molecule has 3 aliphatic rings. The highest BCUT2D eigenvalue weighted by molar-refractivity contribution is 5.38. The Labute approximate surface area is 184 Å². The Balaban J connectivity index is 1.70. The predicted octanol–water partition coefficient (Wildman–Crippen LogP) is 5.70. The maximum absolute atomic E-state index is 10.1. The van der Waals surface area contributed by atoms with E-state index in [0.717, 1.165) is 29.9 Å². The molecular weight excluding hydrogens is 372 g/mol. The third-order valence-corrected chi connectivity index (χ3v) is 8.44. The van der Waals surface area contributed by atoms with Crippen LogP contribution in [0.3, 0.4) is 0 Å². The van der Waals surface area contributed by atoms with Gasteiger partial charge in [0.1, 0.15) is 0 Å². The van der Waals surface area contributed by atoms with E-state index in [4.69, 9.17) is 0 Å². The monoisotopic (exact) mass is 416 g/mol. The van der Waals surface area contributed by atoms with Crippen molar-refractivity contribution in [2.24, 2.45) is 23.2 Å². The van der Waals surface area contributed by atoms with Crippen LogP contribution in [0.4, 0.5) is 0 Å². The molecule has 0 radical (unpaired) electrons. The van der Waals surface area contributed by atoms with Crippen molar-refractivity contribution in [2.45, 2.75) is 110 Å². The number of aliphatic hydroxyl groups is 3. The maximum atomic E-state index is 10.1. The molecule has 0 saturated heterocycles. The summed E-state index contributed by atoms with van der Waals surface area (Å²) in [4.78, 5) is 0. The summed E-state index contributed by atoms with van der Waals surface area (Å²) < 4.78 is 0. The van der Waals surface area contributed by atoms with Gasteiger partial charge in [-0.1, -0.05) is 51.0 Å². The van der Waals surface area contributed by atoms with E-state index in [0.29, 0.717) is 30.1 Å². The quantitative estimate of drug-likeness (QED) is 0.520. The normalized spacial score (nSPS) is 38.8. The summed E-state index contributed by atoms with van der Waals surface area (Å²) in [6, 6.07) is 0. The summed E-state index contributed by atoms with van der Waals surface area (Å²) in [5.74, 6) is 2.11. The van der Waals surface area contributed by atoms with Crippen molar-refractivity contribution in [2.75, 3.05) is 0 Å². The maximum Gasteiger partial charge on any atom is 0.0811 e. The van der Waals surface area contributed by atoms with E-state index in [1.807, 2.05) is 13.8 Å². The molecular formula is C27H44O3. The highest BCUT2D eigenvalue weighted by Gasteiger charge is 2.50. The first kappa shape index (κ1) is 23.8. The van der Waals surface area contributed by atoms with E-state index in [1.54, 1.807) is 5.57 Å². The fourth-order valence-corrected chi connectivity index (χ4v) is 6.74. The summed E-state index contributed by atoms with van der Waals surface area (Å²) in [5.41, 5.74) is 3.17. The lowest BCUT2D eigenvalue weighted by molar-refractivity contribution is 0.0596. The molecule has 3 aliphatic carbocycles. The van der Waals surface area contributed by atoms with Crippen LogP contribution in [0.2, 0.25) is 0 Å². The van der Waals surface area contributed by atoms with Gasteiger partial charge < -0.3 is 15.3 Å². The van der Waals surface area contributed by atoms with Gasteiger partial charge in [-0.3, -0.25) is 0 Å². The van der Waals surface area contributed by atoms with E-state index in [2.05, 4.69) is 32.6 Å². The molecule has 0 aromatic rings. The summed E-state index contributed by atoms with van der Waals surface area (Å²) in [7, 11) is 0. The molecule has 3 nitrogen and oxygen atoms in total. The minimum Gasteiger partial charge on any atom is -0.393 e. The SMILES string of the molecule is C=C1C(=CC=C2CCCC3(C)C2CCC3[C@@H](C)CCCC(C)(C)O)C[C@H](O)CC1O. The standard InChI is InChI=1S/C27H44O3/c1-18(8-6-14-26(3,4)30)23-12-13-24-20(9-7-15-27(23,24)5)10-11-21-16-22(28)17-25(29)19(21)2/h10-11,18,22-25,28-30H,2,6-9,12-17H2,1,3-5H3/t18-,22-,23?,24?,25?,27?/m0/s1. The van der Waals surface area contributed by atoms with Crippen LogP contribution in [-0.2, 0) is 0 Å². The van der Waals surface area contributed by atoms with E-state index in [-0.39, 0.29) is 0 Å². The number of allylic oxidation sites excluding steroid dienone is 3. The zero-order valence-corrected chi connectivity index (χ0v) is 19.7. The summed E-state index contributed by atoms with van der Waals surface area (Å²) in [5, 5.41) is 30.2. The molecule has 0 bridgehead atoms. The van der Waals surface area contributed by atoms with Gasteiger partial charge in [0, 0.05) is 6.42 Å². The van der Waals surface area contributed by atoms with Crippen LogP contribution in [-0.4, -0.2) is 33.1 Å². The van der Waals surface area contributed by atoms with Gasteiger partial charge in [0.25, 0.3) is 0 Å². The Morgan fingerprint density at radius 3 is 2.67 bits per heavy atom. The first-order chi connectivity index (χ1) is 14.0.